The standard InChI is InChI=1S/C14H18Cl2N2O3S/c1-9(12-3-2-10(15)6-13(12)16)17-7-14(19)18-11-4-5-22(20,21)8-11/h2-3,6,9,11,17H,4-5,7-8H2,1H3,(H,18,19)/t9-,11+/m0/s1. The number of hydrogen-bond donors (Lipinski definition) is 2. The van der Waals surface area contributed by atoms with E-state index >= 15 is 0 Å². The fourth-order valence-corrected chi connectivity index (χ4v) is 4.64. The zero-order valence-electron chi connectivity index (χ0n) is 12.1. The van der Waals surface area contributed by atoms with Crippen LogP contribution in [0.15, 0.2) is 18.2 Å². The minimum absolute atomic E-state index is 0.0251. The third-order valence-electron chi connectivity index (χ3n) is 3.60. The molecule has 0 aliphatic carbocycles. The lowest BCUT2D eigenvalue weighted by atomic mass is 10.1. The first-order valence-electron chi connectivity index (χ1n) is 6.95. The van der Waals surface area contributed by atoms with Gasteiger partial charge >= 0.3 is 0 Å². The molecular formula is C14H18Cl2N2O3S. The number of carbonyl (C=O) groups is 1. The number of amides is 1. The van der Waals surface area contributed by atoms with Crippen molar-refractivity contribution in [1.29, 1.82) is 0 Å². The summed E-state index contributed by atoms with van der Waals surface area (Å²) >= 11 is 12.0. The fraction of sp³-hybridized carbons (Fsp3) is 0.500. The minimum atomic E-state index is -2.99. The molecule has 2 rings (SSSR count). The van der Waals surface area contributed by atoms with Gasteiger partial charge in [0.2, 0.25) is 5.91 Å². The number of sulfone groups is 1. The first-order valence-corrected chi connectivity index (χ1v) is 9.53. The number of halogens is 2. The molecule has 0 radical (unpaired) electrons. The first kappa shape index (κ1) is 17.5. The van der Waals surface area contributed by atoms with Crippen LogP contribution < -0.4 is 10.6 Å². The van der Waals surface area contributed by atoms with Crippen LogP contribution in [0.2, 0.25) is 10.0 Å². The molecule has 0 unspecified atom stereocenters. The van der Waals surface area contributed by atoms with Crippen molar-refractivity contribution in [2.75, 3.05) is 18.1 Å². The monoisotopic (exact) mass is 364 g/mol. The third-order valence-corrected chi connectivity index (χ3v) is 5.93. The smallest absolute Gasteiger partial charge is 0.234 e. The molecule has 1 aliphatic rings. The lowest BCUT2D eigenvalue weighted by Gasteiger charge is -2.17. The zero-order valence-corrected chi connectivity index (χ0v) is 14.4. The molecule has 0 saturated carbocycles. The van der Waals surface area contributed by atoms with Crippen LogP contribution in [0.5, 0.6) is 0 Å². The van der Waals surface area contributed by atoms with Gasteiger partial charge in [-0.15, -0.1) is 0 Å². The van der Waals surface area contributed by atoms with Crippen molar-refractivity contribution in [3.63, 3.8) is 0 Å². The fourth-order valence-electron chi connectivity index (χ4n) is 2.40. The Balaban J connectivity index is 1.83. The highest BCUT2D eigenvalue weighted by molar-refractivity contribution is 7.91. The molecule has 1 aliphatic heterocycles. The van der Waals surface area contributed by atoms with Crippen LogP contribution in [0.3, 0.4) is 0 Å². The van der Waals surface area contributed by atoms with Crippen LogP contribution in [0.4, 0.5) is 0 Å². The molecule has 2 atom stereocenters. The Bertz CT molecular complexity index is 664. The molecule has 1 saturated heterocycles. The highest BCUT2D eigenvalue weighted by Gasteiger charge is 2.28. The SMILES string of the molecule is C[C@H](NCC(=O)N[C@@H]1CCS(=O)(=O)C1)c1ccc(Cl)cc1Cl. The second-order valence-corrected chi connectivity index (χ2v) is 8.51. The molecule has 1 amide bonds. The molecule has 122 valence electrons. The predicted octanol–water partition coefficient (Wildman–Crippen LogP) is 1.95. The topological polar surface area (TPSA) is 75.3 Å². The Morgan fingerprint density at radius 2 is 2.14 bits per heavy atom. The molecule has 0 spiro atoms. The second-order valence-electron chi connectivity index (χ2n) is 5.44. The van der Waals surface area contributed by atoms with E-state index < -0.39 is 9.84 Å². The quantitative estimate of drug-likeness (QED) is 0.836. The van der Waals surface area contributed by atoms with Crippen LogP contribution in [0.1, 0.15) is 24.9 Å². The van der Waals surface area contributed by atoms with Gasteiger partial charge in [-0.25, -0.2) is 8.42 Å². The average Bonchev–Trinajstić information content (AvgIpc) is 2.75. The maximum absolute atomic E-state index is 11.9. The molecule has 0 bridgehead atoms. The van der Waals surface area contributed by atoms with Crippen LogP contribution in [0, 0.1) is 0 Å². The van der Waals surface area contributed by atoms with Gasteiger partial charge in [-0.3, -0.25) is 4.79 Å². The van der Waals surface area contributed by atoms with Crippen molar-refractivity contribution in [2.45, 2.75) is 25.4 Å². The Kier molecular flexibility index (Phi) is 5.71. The number of carbonyl (C=O) groups excluding carboxylic acids is 1. The lowest BCUT2D eigenvalue weighted by Crippen LogP contribution is -2.41. The summed E-state index contributed by atoms with van der Waals surface area (Å²) in [7, 11) is -2.99. The summed E-state index contributed by atoms with van der Waals surface area (Å²) < 4.78 is 22.7. The van der Waals surface area contributed by atoms with Gasteiger partial charge in [-0.1, -0.05) is 29.3 Å². The number of nitrogens with one attached hydrogen (secondary N) is 2. The molecule has 22 heavy (non-hydrogen) atoms. The molecular weight excluding hydrogens is 347 g/mol. The van der Waals surface area contributed by atoms with E-state index in [1.807, 2.05) is 13.0 Å². The van der Waals surface area contributed by atoms with Crippen molar-refractivity contribution in [2.24, 2.45) is 0 Å². The summed E-state index contributed by atoms with van der Waals surface area (Å²) in [5, 5.41) is 6.89. The van der Waals surface area contributed by atoms with E-state index in [1.165, 1.54) is 0 Å². The maximum Gasteiger partial charge on any atom is 0.234 e. The molecule has 1 heterocycles. The van der Waals surface area contributed by atoms with Crippen LogP contribution in [-0.2, 0) is 14.6 Å². The van der Waals surface area contributed by atoms with Gasteiger partial charge in [-0.05, 0) is 31.0 Å². The normalized spacial score (nSPS) is 21.5. The van der Waals surface area contributed by atoms with Crippen molar-refractivity contribution in [1.82, 2.24) is 10.6 Å². The van der Waals surface area contributed by atoms with Crippen molar-refractivity contribution >= 4 is 38.9 Å². The van der Waals surface area contributed by atoms with Gasteiger partial charge < -0.3 is 10.6 Å². The predicted molar refractivity (Wildman–Crippen MR) is 88.1 cm³/mol. The summed E-state index contributed by atoms with van der Waals surface area (Å²) in [5.41, 5.74) is 0.849. The summed E-state index contributed by atoms with van der Waals surface area (Å²) in [5.74, 6) is -0.0570. The number of rotatable bonds is 5. The third kappa shape index (κ3) is 4.84. The Morgan fingerprint density at radius 1 is 1.41 bits per heavy atom. The van der Waals surface area contributed by atoms with Crippen LogP contribution in [-0.4, -0.2) is 38.4 Å². The Labute approximate surface area is 140 Å². The summed E-state index contributed by atoms with van der Waals surface area (Å²) in [6.07, 6.45) is 0.479. The van der Waals surface area contributed by atoms with E-state index in [9.17, 15) is 13.2 Å². The Hall–Kier alpha value is -0.820. The molecule has 1 aromatic rings. The largest absolute Gasteiger partial charge is 0.351 e. The molecule has 1 aromatic carbocycles. The average molecular weight is 365 g/mol. The van der Waals surface area contributed by atoms with E-state index in [2.05, 4.69) is 10.6 Å². The zero-order chi connectivity index (χ0) is 16.3. The highest BCUT2D eigenvalue weighted by atomic mass is 35.5. The van der Waals surface area contributed by atoms with E-state index in [4.69, 9.17) is 23.2 Å². The molecule has 5 nitrogen and oxygen atoms in total. The molecule has 8 heteroatoms. The van der Waals surface area contributed by atoms with E-state index in [0.29, 0.717) is 16.5 Å². The summed E-state index contributed by atoms with van der Waals surface area (Å²) in [6.45, 7) is 1.99. The van der Waals surface area contributed by atoms with Gasteiger partial charge in [0.05, 0.1) is 18.1 Å². The van der Waals surface area contributed by atoms with Crippen LogP contribution in [0.25, 0.3) is 0 Å². The van der Waals surface area contributed by atoms with E-state index in [0.717, 1.165) is 5.56 Å². The highest BCUT2D eigenvalue weighted by Crippen LogP contribution is 2.25. The number of benzene rings is 1. The van der Waals surface area contributed by atoms with Gasteiger partial charge in [-0.2, -0.15) is 0 Å². The van der Waals surface area contributed by atoms with Gasteiger partial charge in [0.1, 0.15) is 0 Å². The van der Waals surface area contributed by atoms with Gasteiger partial charge in [0.15, 0.2) is 9.84 Å². The van der Waals surface area contributed by atoms with Crippen molar-refractivity contribution < 1.29 is 13.2 Å². The first-order chi connectivity index (χ1) is 10.3. The maximum atomic E-state index is 11.9. The van der Waals surface area contributed by atoms with Crippen molar-refractivity contribution in [3.8, 4) is 0 Å². The molecule has 2 N–H and O–H groups in total. The van der Waals surface area contributed by atoms with Gasteiger partial charge in [0, 0.05) is 22.1 Å². The lowest BCUT2D eigenvalue weighted by molar-refractivity contribution is -0.120. The second kappa shape index (κ2) is 7.17. The summed E-state index contributed by atoms with van der Waals surface area (Å²) in [4.78, 5) is 11.9. The summed E-state index contributed by atoms with van der Waals surface area (Å²) in [6, 6.07) is 4.80. The molecule has 0 aromatic heterocycles. The number of hydrogen-bond acceptors (Lipinski definition) is 4. The molecule has 1 fully saturated rings. The van der Waals surface area contributed by atoms with E-state index in [1.54, 1.807) is 12.1 Å². The van der Waals surface area contributed by atoms with E-state index in [-0.39, 0.29) is 36.0 Å². The van der Waals surface area contributed by atoms with Crippen LogP contribution >= 0.6 is 23.2 Å². The van der Waals surface area contributed by atoms with Gasteiger partial charge in [0.25, 0.3) is 0 Å². The minimum Gasteiger partial charge on any atom is -0.351 e. The Morgan fingerprint density at radius 3 is 2.73 bits per heavy atom. The van der Waals surface area contributed by atoms with Crippen molar-refractivity contribution in [3.05, 3.63) is 33.8 Å².